The Morgan fingerprint density at radius 2 is 1.92 bits per heavy atom. The molecular formula is C28H39N7O2. The first-order valence-corrected chi connectivity index (χ1v) is 13.4. The summed E-state index contributed by atoms with van der Waals surface area (Å²) in [6.07, 6.45) is 4.97. The smallest absolute Gasteiger partial charge is 0.270 e. The van der Waals surface area contributed by atoms with Crippen LogP contribution >= 0.6 is 0 Å². The molecule has 1 aliphatic heterocycles. The van der Waals surface area contributed by atoms with E-state index in [0.717, 1.165) is 68.7 Å². The molecular weight excluding hydrogens is 466 g/mol. The van der Waals surface area contributed by atoms with E-state index in [0.29, 0.717) is 17.6 Å². The van der Waals surface area contributed by atoms with Crippen LogP contribution in [0.15, 0.2) is 36.5 Å². The molecule has 1 saturated heterocycles. The summed E-state index contributed by atoms with van der Waals surface area (Å²) in [5, 5.41) is 13.4. The van der Waals surface area contributed by atoms with Crippen molar-refractivity contribution in [2.45, 2.75) is 38.6 Å². The molecule has 1 aliphatic carbocycles. The summed E-state index contributed by atoms with van der Waals surface area (Å²) in [6, 6.07) is 10.3. The molecule has 2 aromatic heterocycles. The highest BCUT2D eigenvalue weighted by Gasteiger charge is 2.46. The van der Waals surface area contributed by atoms with Crippen LogP contribution in [0.5, 0.6) is 0 Å². The number of aromatic nitrogens is 3. The van der Waals surface area contributed by atoms with Gasteiger partial charge in [-0.05, 0) is 55.5 Å². The van der Waals surface area contributed by atoms with E-state index in [2.05, 4.69) is 62.8 Å². The number of piperazine rings is 1. The van der Waals surface area contributed by atoms with Crippen molar-refractivity contribution in [2.75, 3.05) is 63.6 Å². The quantitative estimate of drug-likeness (QED) is 0.484. The summed E-state index contributed by atoms with van der Waals surface area (Å²) in [7, 11) is 3.59. The molecule has 1 amide bonds. The van der Waals surface area contributed by atoms with Crippen molar-refractivity contribution in [2.24, 2.45) is 5.92 Å². The first kappa shape index (κ1) is 25.5. The highest BCUT2D eigenvalue weighted by molar-refractivity contribution is 5.98. The zero-order valence-corrected chi connectivity index (χ0v) is 22.4. The molecule has 2 aliphatic rings. The van der Waals surface area contributed by atoms with Gasteiger partial charge in [0.25, 0.3) is 5.91 Å². The van der Waals surface area contributed by atoms with Crippen molar-refractivity contribution in [1.82, 2.24) is 24.3 Å². The van der Waals surface area contributed by atoms with Gasteiger partial charge in [0.05, 0.1) is 6.61 Å². The summed E-state index contributed by atoms with van der Waals surface area (Å²) < 4.78 is 2.20. The number of carbonyl (C=O) groups is 1. The predicted octanol–water partition coefficient (Wildman–Crippen LogP) is 3.53. The average Bonchev–Trinajstić information content (AvgIpc) is 3.28. The fraction of sp³-hybridized carbons (Fsp3) is 0.536. The number of amides is 1. The summed E-state index contributed by atoms with van der Waals surface area (Å²) in [6.45, 7) is 9.27. The normalized spacial score (nSPS) is 22.2. The fourth-order valence-corrected chi connectivity index (χ4v) is 5.92. The van der Waals surface area contributed by atoms with Crippen LogP contribution in [0.3, 0.4) is 0 Å². The van der Waals surface area contributed by atoms with E-state index < -0.39 is 0 Å². The summed E-state index contributed by atoms with van der Waals surface area (Å²) >= 11 is 0. The number of anilines is 3. The van der Waals surface area contributed by atoms with Gasteiger partial charge in [-0.3, -0.25) is 9.69 Å². The zero-order chi connectivity index (χ0) is 26.2. The van der Waals surface area contributed by atoms with E-state index in [4.69, 9.17) is 10.1 Å². The molecule has 5 rings (SSSR count). The SMILES string of the molecule is CCC1(n2c(C(=O)N(C)C)cc3cnc(Nc4ccc(N5CCN(CCO)CC5)cc4)nc32)CC[C@H]1C. The van der Waals surface area contributed by atoms with Gasteiger partial charge in [0.2, 0.25) is 5.95 Å². The summed E-state index contributed by atoms with van der Waals surface area (Å²) in [5.41, 5.74) is 3.51. The maximum atomic E-state index is 13.2. The second-order valence-corrected chi connectivity index (χ2v) is 10.7. The monoisotopic (exact) mass is 505 g/mol. The number of benzene rings is 1. The second-order valence-electron chi connectivity index (χ2n) is 10.7. The third-order valence-corrected chi connectivity index (χ3v) is 8.43. The Bertz CT molecular complexity index is 1240. The molecule has 9 heteroatoms. The van der Waals surface area contributed by atoms with E-state index in [1.807, 2.05) is 12.3 Å². The van der Waals surface area contributed by atoms with Gasteiger partial charge in [-0.15, -0.1) is 0 Å². The number of hydrogen-bond donors (Lipinski definition) is 2. The number of aliphatic hydroxyl groups is 1. The lowest BCUT2D eigenvalue weighted by atomic mass is 9.65. The molecule has 3 aromatic rings. The van der Waals surface area contributed by atoms with Crippen LogP contribution < -0.4 is 10.2 Å². The minimum Gasteiger partial charge on any atom is -0.395 e. The van der Waals surface area contributed by atoms with Crippen LogP contribution in [0, 0.1) is 5.92 Å². The van der Waals surface area contributed by atoms with Gasteiger partial charge in [-0.25, -0.2) is 4.98 Å². The lowest BCUT2D eigenvalue weighted by Gasteiger charge is -2.50. The Morgan fingerprint density at radius 1 is 1.19 bits per heavy atom. The number of rotatable bonds is 8. The Labute approximate surface area is 219 Å². The van der Waals surface area contributed by atoms with Crippen LogP contribution in [0.2, 0.25) is 0 Å². The first-order chi connectivity index (χ1) is 17.9. The van der Waals surface area contributed by atoms with Gasteiger partial charge in [0.1, 0.15) is 11.3 Å². The second kappa shape index (κ2) is 10.3. The molecule has 198 valence electrons. The van der Waals surface area contributed by atoms with Gasteiger partial charge in [-0.2, -0.15) is 4.98 Å². The van der Waals surface area contributed by atoms with Crippen LogP contribution in [-0.2, 0) is 5.54 Å². The number of hydrogen-bond acceptors (Lipinski definition) is 7. The molecule has 1 aromatic carbocycles. The largest absolute Gasteiger partial charge is 0.395 e. The highest BCUT2D eigenvalue weighted by Crippen LogP contribution is 2.49. The minimum atomic E-state index is -0.1000. The average molecular weight is 506 g/mol. The number of fused-ring (bicyclic) bond motifs is 1. The third-order valence-electron chi connectivity index (χ3n) is 8.43. The number of nitrogens with one attached hydrogen (secondary N) is 1. The van der Waals surface area contributed by atoms with Crippen molar-refractivity contribution in [1.29, 1.82) is 0 Å². The predicted molar refractivity (Wildman–Crippen MR) is 148 cm³/mol. The maximum Gasteiger partial charge on any atom is 0.270 e. The van der Waals surface area contributed by atoms with Crippen molar-refractivity contribution < 1.29 is 9.90 Å². The van der Waals surface area contributed by atoms with Crippen LogP contribution in [-0.4, -0.2) is 88.8 Å². The van der Waals surface area contributed by atoms with Crippen LogP contribution in [0.25, 0.3) is 11.0 Å². The van der Waals surface area contributed by atoms with E-state index in [1.54, 1.807) is 19.0 Å². The van der Waals surface area contributed by atoms with Crippen LogP contribution in [0.1, 0.15) is 43.6 Å². The van der Waals surface area contributed by atoms with Crippen molar-refractivity contribution >= 4 is 34.3 Å². The number of carbonyl (C=O) groups excluding carboxylic acids is 1. The van der Waals surface area contributed by atoms with E-state index in [-0.39, 0.29) is 18.1 Å². The minimum absolute atomic E-state index is 0.00721. The Hall–Kier alpha value is -3.17. The molecule has 2 fully saturated rings. The molecule has 37 heavy (non-hydrogen) atoms. The lowest BCUT2D eigenvalue weighted by Crippen LogP contribution is -2.49. The molecule has 2 atom stereocenters. The van der Waals surface area contributed by atoms with Crippen LogP contribution in [0.4, 0.5) is 17.3 Å². The van der Waals surface area contributed by atoms with Gasteiger partial charge >= 0.3 is 0 Å². The maximum absolute atomic E-state index is 13.2. The Morgan fingerprint density at radius 3 is 2.49 bits per heavy atom. The van der Waals surface area contributed by atoms with E-state index in [1.165, 1.54) is 5.69 Å². The van der Waals surface area contributed by atoms with Gasteiger partial charge < -0.3 is 24.8 Å². The summed E-state index contributed by atoms with van der Waals surface area (Å²) in [4.78, 5) is 29.0. The fourth-order valence-electron chi connectivity index (χ4n) is 5.92. The number of β-amino-alcohol motifs (C(OH)–C–C–N with tert-alkyl or cyclic N) is 1. The van der Waals surface area contributed by atoms with Gasteiger partial charge in [0, 0.05) is 75.3 Å². The third kappa shape index (κ3) is 4.66. The van der Waals surface area contributed by atoms with Crippen molar-refractivity contribution in [3.63, 3.8) is 0 Å². The Kier molecular flexibility index (Phi) is 7.09. The molecule has 9 nitrogen and oxygen atoms in total. The standard InChI is InChI=1S/C28H39N7O2/c1-5-28(11-10-20(28)2)35-24(26(37)32(3)4)18-21-19-29-27(31-25(21)35)30-22-6-8-23(9-7-22)34-14-12-33(13-15-34)16-17-36/h6-9,18-20,36H,5,10-17H2,1-4H3,(H,29,30,31)/t20-,28?/m1/s1. The molecule has 3 heterocycles. The van der Waals surface area contributed by atoms with E-state index in [9.17, 15) is 4.79 Å². The molecule has 0 spiro atoms. The molecule has 1 saturated carbocycles. The van der Waals surface area contributed by atoms with Gasteiger partial charge in [-0.1, -0.05) is 13.8 Å². The number of nitrogens with zero attached hydrogens (tertiary/aromatic N) is 6. The molecule has 1 unspecified atom stereocenters. The number of aliphatic hydroxyl groups excluding tert-OH is 1. The molecule has 0 radical (unpaired) electrons. The van der Waals surface area contributed by atoms with Gasteiger partial charge in [0.15, 0.2) is 0 Å². The zero-order valence-electron chi connectivity index (χ0n) is 22.4. The topological polar surface area (TPSA) is 89.8 Å². The lowest BCUT2D eigenvalue weighted by molar-refractivity contribution is 0.0488. The van der Waals surface area contributed by atoms with Crippen molar-refractivity contribution in [3.05, 3.63) is 42.2 Å². The highest BCUT2D eigenvalue weighted by atomic mass is 16.3. The van der Waals surface area contributed by atoms with Crippen molar-refractivity contribution in [3.8, 4) is 0 Å². The van der Waals surface area contributed by atoms with E-state index >= 15 is 0 Å². The summed E-state index contributed by atoms with van der Waals surface area (Å²) in [5.74, 6) is 0.998. The Balaban J connectivity index is 1.40. The first-order valence-electron chi connectivity index (χ1n) is 13.4. The molecule has 2 N–H and O–H groups in total. The molecule has 0 bridgehead atoms.